The molecule has 0 spiro atoms. The van der Waals surface area contributed by atoms with Crippen molar-refractivity contribution < 1.29 is 18.3 Å². The number of halogens is 3. The zero-order valence-electron chi connectivity index (χ0n) is 6.99. The van der Waals surface area contributed by atoms with Crippen molar-refractivity contribution in [1.82, 2.24) is 0 Å². The third kappa shape index (κ3) is 1.32. The molecule has 4 heteroatoms. The van der Waals surface area contributed by atoms with E-state index in [-0.39, 0.29) is 6.42 Å². The average Bonchev–Trinajstić information content (AvgIpc) is 1.81. The minimum absolute atomic E-state index is 0.235. The second-order valence-electron chi connectivity index (χ2n) is 3.40. The molecule has 0 heterocycles. The Morgan fingerprint density at radius 3 is 1.92 bits per heavy atom. The van der Waals surface area contributed by atoms with Crippen molar-refractivity contribution in [2.45, 2.75) is 44.4 Å². The first kappa shape index (κ1) is 9.84. The summed E-state index contributed by atoms with van der Waals surface area (Å²) >= 11 is 0. The first-order valence-electron chi connectivity index (χ1n) is 4.21. The van der Waals surface area contributed by atoms with Gasteiger partial charge in [0, 0.05) is 0 Å². The highest BCUT2D eigenvalue weighted by molar-refractivity contribution is 4.95. The fraction of sp³-hybridized carbons (Fsp3) is 1.00. The van der Waals surface area contributed by atoms with Crippen molar-refractivity contribution in [3.05, 3.63) is 0 Å². The molecule has 0 saturated heterocycles. The molecule has 0 amide bonds. The number of aliphatic hydroxyl groups is 1. The van der Waals surface area contributed by atoms with E-state index in [1.165, 1.54) is 6.92 Å². The van der Waals surface area contributed by atoms with Gasteiger partial charge in [-0.15, -0.1) is 0 Å². The molecular weight excluding hydrogens is 169 g/mol. The maximum atomic E-state index is 12.3. The fourth-order valence-electron chi connectivity index (χ4n) is 1.61. The van der Waals surface area contributed by atoms with E-state index in [0.717, 1.165) is 6.42 Å². The van der Waals surface area contributed by atoms with Crippen LogP contribution in [0.25, 0.3) is 0 Å². The van der Waals surface area contributed by atoms with Gasteiger partial charge in [-0.25, -0.2) is 0 Å². The second kappa shape index (κ2) is 2.91. The average molecular weight is 182 g/mol. The lowest BCUT2D eigenvalue weighted by atomic mass is 9.71. The smallest absolute Gasteiger partial charge is 0.380 e. The van der Waals surface area contributed by atoms with Gasteiger partial charge in [-0.2, -0.15) is 13.2 Å². The van der Waals surface area contributed by atoms with Crippen LogP contribution in [0.1, 0.15) is 32.6 Å². The van der Waals surface area contributed by atoms with E-state index in [0.29, 0.717) is 12.8 Å². The normalized spacial score (nSPS) is 24.8. The Labute approximate surface area is 69.6 Å². The first-order valence-corrected chi connectivity index (χ1v) is 4.21. The molecule has 1 nitrogen and oxygen atoms in total. The summed E-state index contributed by atoms with van der Waals surface area (Å²) in [5, 5.41) is 9.35. The first-order chi connectivity index (χ1) is 5.42. The summed E-state index contributed by atoms with van der Waals surface area (Å²) in [4.78, 5) is 0. The molecule has 1 fully saturated rings. The molecule has 1 aliphatic rings. The minimum Gasteiger partial charge on any atom is -0.380 e. The second-order valence-corrected chi connectivity index (χ2v) is 3.40. The lowest BCUT2D eigenvalue weighted by Gasteiger charge is -2.41. The van der Waals surface area contributed by atoms with Crippen molar-refractivity contribution in [2.24, 2.45) is 5.92 Å². The molecule has 0 aliphatic heterocycles. The fourth-order valence-corrected chi connectivity index (χ4v) is 1.61. The SMILES string of the molecule is CCC(O)(C1CCC1)C(F)(F)F. The molecule has 0 aromatic heterocycles. The molecule has 72 valence electrons. The van der Waals surface area contributed by atoms with Crippen LogP contribution >= 0.6 is 0 Å². The molecule has 0 aromatic rings. The molecule has 12 heavy (non-hydrogen) atoms. The van der Waals surface area contributed by atoms with Crippen LogP contribution in [0, 0.1) is 5.92 Å². The molecule has 1 unspecified atom stereocenters. The summed E-state index contributed by atoms with van der Waals surface area (Å²) < 4.78 is 37.0. The van der Waals surface area contributed by atoms with Crippen molar-refractivity contribution >= 4 is 0 Å². The Hall–Kier alpha value is -0.250. The Kier molecular flexibility index (Phi) is 2.38. The maximum Gasteiger partial charge on any atom is 0.417 e. The molecule has 1 rings (SSSR count). The summed E-state index contributed by atoms with van der Waals surface area (Å²) in [5.74, 6) is -0.567. The van der Waals surface area contributed by atoms with Crippen LogP contribution in [-0.2, 0) is 0 Å². The van der Waals surface area contributed by atoms with Gasteiger partial charge in [-0.05, 0) is 25.2 Å². The van der Waals surface area contributed by atoms with Crippen LogP contribution in [0.15, 0.2) is 0 Å². The highest BCUT2D eigenvalue weighted by Crippen LogP contribution is 2.46. The molecule has 1 aliphatic carbocycles. The van der Waals surface area contributed by atoms with Gasteiger partial charge in [0.25, 0.3) is 0 Å². The number of hydrogen-bond donors (Lipinski definition) is 1. The van der Waals surface area contributed by atoms with Crippen LogP contribution in [0.5, 0.6) is 0 Å². The van der Waals surface area contributed by atoms with Gasteiger partial charge in [0.05, 0.1) is 0 Å². The van der Waals surface area contributed by atoms with Crippen molar-refractivity contribution in [3.8, 4) is 0 Å². The van der Waals surface area contributed by atoms with Crippen molar-refractivity contribution in [2.75, 3.05) is 0 Å². The quantitative estimate of drug-likeness (QED) is 0.695. The summed E-state index contributed by atoms with van der Waals surface area (Å²) in [6.45, 7) is 1.38. The van der Waals surface area contributed by atoms with E-state index in [1.54, 1.807) is 0 Å². The predicted octanol–water partition coefficient (Wildman–Crippen LogP) is 2.49. The topological polar surface area (TPSA) is 20.2 Å². The van der Waals surface area contributed by atoms with E-state index < -0.39 is 17.7 Å². The van der Waals surface area contributed by atoms with Gasteiger partial charge in [0.2, 0.25) is 0 Å². The Morgan fingerprint density at radius 2 is 1.83 bits per heavy atom. The largest absolute Gasteiger partial charge is 0.417 e. The van der Waals surface area contributed by atoms with Gasteiger partial charge in [-0.3, -0.25) is 0 Å². The van der Waals surface area contributed by atoms with Gasteiger partial charge >= 0.3 is 6.18 Å². The van der Waals surface area contributed by atoms with Crippen LogP contribution in [0.4, 0.5) is 13.2 Å². The summed E-state index contributed by atoms with van der Waals surface area (Å²) in [6, 6.07) is 0. The van der Waals surface area contributed by atoms with E-state index in [4.69, 9.17) is 0 Å². The number of hydrogen-bond acceptors (Lipinski definition) is 1. The Morgan fingerprint density at radius 1 is 1.33 bits per heavy atom. The third-order valence-electron chi connectivity index (χ3n) is 2.81. The molecule has 0 aromatic carbocycles. The summed E-state index contributed by atoms with van der Waals surface area (Å²) in [7, 11) is 0. The molecular formula is C8H13F3O. The van der Waals surface area contributed by atoms with Gasteiger partial charge in [-0.1, -0.05) is 13.3 Å². The lowest BCUT2D eigenvalue weighted by Crippen LogP contribution is -2.53. The molecule has 1 N–H and O–H groups in total. The monoisotopic (exact) mass is 182 g/mol. The molecule has 1 atom stereocenters. The van der Waals surface area contributed by atoms with Crippen molar-refractivity contribution in [1.29, 1.82) is 0 Å². The van der Waals surface area contributed by atoms with Crippen LogP contribution in [-0.4, -0.2) is 16.9 Å². The predicted molar refractivity (Wildman–Crippen MR) is 38.6 cm³/mol. The van der Waals surface area contributed by atoms with Gasteiger partial charge in [0.15, 0.2) is 5.60 Å². The minimum atomic E-state index is -4.47. The summed E-state index contributed by atoms with van der Waals surface area (Å²) in [6.07, 6.45) is -2.88. The zero-order valence-corrected chi connectivity index (χ0v) is 6.99. The molecule has 0 bridgehead atoms. The van der Waals surface area contributed by atoms with Crippen LogP contribution in [0.3, 0.4) is 0 Å². The lowest BCUT2D eigenvalue weighted by molar-refractivity contribution is -0.288. The van der Waals surface area contributed by atoms with E-state index >= 15 is 0 Å². The number of alkyl halides is 3. The van der Waals surface area contributed by atoms with E-state index in [2.05, 4.69) is 0 Å². The Balaban J connectivity index is 2.73. The summed E-state index contributed by atoms with van der Waals surface area (Å²) in [5.41, 5.74) is -2.43. The standard InChI is InChI=1S/C8H13F3O/c1-2-7(12,8(9,10)11)6-4-3-5-6/h6,12H,2-5H2,1H3. The molecule has 0 radical (unpaired) electrons. The highest BCUT2D eigenvalue weighted by Gasteiger charge is 2.58. The number of rotatable bonds is 2. The van der Waals surface area contributed by atoms with E-state index in [1.807, 2.05) is 0 Å². The Bertz CT molecular complexity index is 162. The van der Waals surface area contributed by atoms with Gasteiger partial charge < -0.3 is 5.11 Å². The van der Waals surface area contributed by atoms with Crippen LogP contribution in [0.2, 0.25) is 0 Å². The maximum absolute atomic E-state index is 12.3. The van der Waals surface area contributed by atoms with Crippen molar-refractivity contribution in [3.63, 3.8) is 0 Å². The van der Waals surface area contributed by atoms with E-state index in [9.17, 15) is 18.3 Å². The molecule has 1 saturated carbocycles. The third-order valence-corrected chi connectivity index (χ3v) is 2.81. The van der Waals surface area contributed by atoms with Gasteiger partial charge in [0.1, 0.15) is 0 Å². The zero-order chi connectivity index (χ0) is 9.41. The van der Waals surface area contributed by atoms with Crippen LogP contribution < -0.4 is 0 Å². The highest BCUT2D eigenvalue weighted by atomic mass is 19.4.